The summed E-state index contributed by atoms with van der Waals surface area (Å²) in [4.78, 5) is 23.5. The summed E-state index contributed by atoms with van der Waals surface area (Å²) in [7, 11) is 0. The second-order valence-corrected chi connectivity index (χ2v) is 5.77. The van der Waals surface area contributed by atoms with E-state index >= 15 is 0 Å². The molecule has 0 heterocycles. The summed E-state index contributed by atoms with van der Waals surface area (Å²) in [6.07, 6.45) is 0.898. The lowest BCUT2D eigenvalue weighted by molar-refractivity contribution is -0.123. The van der Waals surface area contributed by atoms with Crippen molar-refractivity contribution in [2.75, 3.05) is 6.61 Å². The Bertz CT molecular complexity index is 735. The number of nitrogens with one attached hydrogen (secondary N) is 2. The van der Waals surface area contributed by atoms with Crippen LogP contribution in [0.5, 0.6) is 5.75 Å². The number of benzene rings is 2. The highest BCUT2D eigenvalue weighted by Gasteiger charge is 2.09. The standard InChI is InChI=1S/C17H16BrFN2O3/c1-2-11-3-8-15(14(18)9-11)24-10-16(22)20-21-17(23)12-4-6-13(19)7-5-12/h3-9H,2,10H2,1H3,(H,20,22)(H,21,23). The summed E-state index contributed by atoms with van der Waals surface area (Å²) in [6.45, 7) is 1.79. The average Bonchev–Trinajstić information content (AvgIpc) is 2.59. The first-order chi connectivity index (χ1) is 11.5. The largest absolute Gasteiger partial charge is 0.483 e. The minimum absolute atomic E-state index is 0.232. The monoisotopic (exact) mass is 394 g/mol. The van der Waals surface area contributed by atoms with Crippen molar-refractivity contribution in [1.82, 2.24) is 10.9 Å². The van der Waals surface area contributed by atoms with Crippen LogP contribution in [0.1, 0.15) is 22.8 Å². The van der Waals surface area contributed by atoms with Crippen LogP contribution in [0.25, 0.3) is 0 Å². The second kappa shape index (κ2) is 8.44. The molecule has 0 aliphatic heterocycles. The van der Waals surface area contributed by atoms with Gasteiger partial charge in [0.15, 0.2) is 6.61 Å². The van der Waals surface area contributed by atoms with Crippen molar-refractivity contribution < 1.29 is 18.7 Å². The number of carbonyl (C=O) groups is 2. The zero-order chi connectivity index (χ0) is 17.5. The molecule has 0 aliphatic rings. The zero-order valence-corrected chi connectivity index (χ0v) is 14.5. The maximum absolute atomic E-state index is 12.8. The number of carbonyl (C=O) groups excluding carboxylic acids is 2. The van der Waals surface area contributed by atoms with Gasteiger partial charge in [0.25, 0.3) is 11.8 Å². The Morgan fingerprint density at radius 2 is 1.83 bits per heavy atom. The van der Waals surface area contributed by atoms with Crippen LogP contribution in [0.2, 0.25) is 0 Å². The topological polar surface area (TPSA) is 67.4 Å². The van der Waals surface area contributed by atoms with Crippen molar-refractivity contribution in [2.45, 2.75) is 13.3 Å². The second-order valence-electron chi connectivity index (χ2n) is 4.92. The van der Waals surface area contributed by atoms with Crippen molar-refractivity contribution in [3.8, 4) is 5.75 Å². The summed E-state index contributed by atoms with van der Waals surface area (Å²) in [5.74, 6) is -0.968. The first kappa shape index (κ1) is 17.9. The van der Waals surface area contributed by atoms with E-state index in [9.17, 15) is 14.0 Å². The normalized spacial score (nSPS) is 10.1. The van der Waals surface area contributed by atoms with E-state index in [0.717, 1.165) is 28.6 Å². The molecular formula is C17H16BrFN2O3. The van der Waals surface area contributed by atoms with E-state index in [-0.39, 0.29) is 12.2 Å². The Morgan fingerprint density at radius 1 is 1.12 bits per heavy atom. The molecule has 0 spiro atoms. The lowest BCUT2D eigenvalue weighted by Gasteiger charge is -2.10. The molecule has 0 radical (unpaired) electrons. The Balaban J connectivity index is 1.81. The van der Waals surface area contributed by atoms with Gasteiger partial charge < -0.3 is 4.74 Å². The van der Waals surface area contributed by atoms with Gasteiger partial charge in [0.2, 0.25) is 0 Å². The number of ether oxygens (including phenoxy) is 1. The summed E-state index contributed by atoms with van der Waals surface area (Å²) in [6, 6.07) is 10.6. The molecule has 2 rings (SSSR count). The molecule has 2 N–H and O–H groups in total. The number of amides is 2. The molecule has 0 aromatic heterocycles. The fourth-order valence-electron chi connectivity index (χ4n) is 1.86. The van der Waals surface area contributed by atoms with Gasteiger partial charge in [-0.15, -0.1) is 0 Å². The van der Waals surface area contributed by atoms with Crippen LogP contribution in [-0.2, 0) is 11.2 Å². The number of aryl methyl sites for hydroxylation is 1. The van der Waals surface area contributed by atoms with Crippen LogP contribution in [0.15, 0.2) is 46.9 Å². The van der Waals surface area contributed by atoms with Gasteiger partial charge in [-0.3, -0.25) is 20.4 Å². The zero-order valence-electron chi connectivity index (χ0n) is 12.9. The number of hydrogen-bond donors (Lipinski definition) is 2. The molecule has 0 saturated carbocycles. The summed E-state index contributed by atoms with van der Waals surface area (Å²) >= 11 is 3.38. The van der Waals surface area contributed by atoms with Crippen LogP contribution < -0.4 is 15.6 Å². The molecule has 24 heavy (non-hydrogen) atoms. The molecule has 0 bridgehead atoms. The average molecular weight is 395 g/mol. The number of hydrogen-bond acceptors (Lipinski definition) is 3. The number of rotatable bonds is 5. The third kappa shape index (κ3) is 5.06. The minimum Gasteiger partial charge on any atom is -0.483 e. The molecule has 0 fully saturated rings. The molecular weight excluding hydrogens is 379 g/mol. The van der Waals surface area contributed by atoms with Crippen LogP contribution in [0.4, 0.5) is 4.39 Å². The van der Waals surface area contributed by atoms with Gasteiger partial charge in [0.1, 0.15) is 11.6 Å². The van der Waals surface area contributed by atoms with Gasteiger partial charge in [-0.2, -0.15) is 0 Å². The molecule has 0 atom stereocenters. The maximum Gasteiger partial charge on any atom is 0.276 e. The molecule has 0 aliphatic carbocycles. The molecule has 2 amide bonds. The molecule has 2 aromatic rings. The van der Waals surface area contributed by atoms with Crippen molar-refractivity contribution in [3.63, 3.8) is 0 Å². The molecule has 2 aromatic carbocycles. The van der Waals surface area contributed by atoms with E-state index in [4.69, 9.17) is 4.74 Å². The predicted molar refractivity (Wildman–Crippen MR) is 91.0 cm³/mol. The van der Waals surface area contributed by atoms with Crippen LogP contribution in [0, 0.1) is 5.82 Å². The van der Waals surface area contributed by atoms with Gasteiger partial charge >= 0.3 is 0 Å². The van der Waals surface area contributed by atoms with Crippen molar-refractivity contribution in [1.29, 1.82) is 0 Å². The fraction of sp³-hybridized carbons (Fsp3) is 0.176. The predicted octanol–water partition coefficient (Wildman–Crippen LogP) is 2.99. The van der Waals surface area contributed by atoms with E-state index in [2.05, 4.69) is 26.8 Å². The molecule has 5 nitrogen and oxygen atoms in total. The highest BCUT2D eigenvalue weighted by molar-refractivity contribution is 9.10. The van der Waals surface area contributed by atoms with E-state index in [1.807, 2.05) is 19.1 Å². The third-order valence-corrected chi connectivity index (χ3v) is 3.80. The van der Waals surface area contributed by atoms with Gasteiger partial charge in [0.05, 0.1) is 4.47 Å². The van der Waals surface area contributed by atoms with Crippen LogP contribution >= 0.6 is 15.9 Å². The number of halogens is 2. The molecule has 0 saturated heterocycles. The van der Waals surface area contributed by atoms with Crippen molar-refractivity contribution in [3.05, 3.63) is 63.9 Å². The summed E-state index contributed by atoms with van der Waals surface area (Å²) in [5.41, 5.74) is 5.85. The van der Waals surface area contributed by atoms with E-state index in [1.165, 1.54) is 12.1 Å². The van der Waals surface area contributed by atoms with E-state index in [0.29, 0.717) is 5.75 Å². The maximum atomic E-state index is 12.8. The Hall–Kier alpha value is -2.41. The van der Waals surface area contributed by atoms with E-state index < -0.39 is 17.6 Å². The van der Waals surface area contributed by atoms with Crippen molar-refractivity contribution >= 4 is 27.7 Å². The Kier molecular flexibility index (Phi) is 6.31. The number of hydrazine groups is 1. The van der Waals surface area contributed by atoms with Gasteiger partial charge in [0, 0.05) is 5.56 Å². The quantitative estimate of drug-likeness (QED) is 0.765. The molecule has 126 valence electrons. The lowest BCUT2D eigenvalue weighted by Crippen LogP contribution is -2.43. The summed E-state index contributed by atoms with van der Waals surface area (Å²) < 4.78 is 18.9. The third-order valence-electron chi connectivity index (χ3n) is 3.19. The van der Waals surface area contributed by atoms with Gasteiger partial charge in [-0.25, -0.2) is 4.39 Å². The minimum atomic E-state index is -0.545. The highest BCUT2D eigenvalue weighted by atomic mass is 79.9. The van der Waals surface area contributed by atoms with Crippen LogP contribution in [-0.4, -0.2) is 18.4 Å². The first-order valence-electron chi connectivity index (χ1n) is 7.25. The van der Waals surface area contributed by atoms with Crippen LogP contribution in [0.3, 0.4) is 0 Å². The summed E-state index contributed by atoms with van der Waals surface area (Å²) in [5, 5.41) is 0. The molecule has 7 heteroatoms. The Labute approximate surface area is 147 Å². The van der Waals surface area contributed by atoms with Gasteiger partial charge in [-0.05, 0) is 64.3 Å². The Morgan fingerprint density at radius 3 is 2.46 bits per heavy atom. The van der Waals surface area contributed by atoms with Gasteiger partial charge in [-0.1, -0.05) is 13.0 Å². The molecule has 0 unspecified atom stereocenters. The SMILES string of the molecule is CCc1ccc(OCC(=O)NNC(=O)c2ccc(F)cc2)c(Br)c1. The fourth-order valence-corrected chi connectivity index (χ4v) is 2.40. The highest BCUT2D eigenvalue weighted by Crippen LogP contribution is 2.26. The first-order valence-corrected chi connectivity index (χ1v) is 8.05. The smallest absolute Gasteiger partial charge is 0.276 e. The van der Waals surface area contributed by atoms with Crippen molar-refractivity contribution in [2.24, 2.45) is 0 Å². The van der Waals surface area contributed by atoms with E-state index in [1.54, 1.807) is 6.07 Å². The lowest BCUT2D eigenvalue weighted by atomic mass is 10.2.